The Kier molecular flexibility index (Phi) is 8.99. The molecule has 68 heavy (non-hydrogen) atoms. The van der Waals surface area contributed by atoms with E-state index in [4.69, 9.17) is 0 Å². The molecule has 324 valence electrons. The molecule has 0 spiro atoms. The number of hydrogen-bond donors (Lipinski definition) is 0. The molecule has 0 nitrogen and oxygen atoms in total. The van der Waals surface area contributed by atoms with Gasteiger partial charge in [-0.2, -0.15) is 0 Å². The van der Waals surface area contributed by atoms with Gasteiger partial charge < -0.3 is 0 Å². The van der Waals surface area contributed by atoms with Crippen molar-refractivity contribution in [2.75, 3.05) is 0 Å². The smallest absolute Gasteiger partial charge is 0.0622 e. The molecule has 0 aromatic heterocycles. The lowest BCUT2D eigenvalue weighted by Crippen LogP contribution is -2.29. The molecule has 0 bridgehead atoms. The van der Waals surface area contributed by atoms with Crippen molar-refractivity contribution in [1.82, 2.24) is 0 Å². The molecule has 0 amide bonds. The average molecular weight is 869 g/mol. The molecule has 10 aromatic carbocycles. The number of hydrogen-bond acceptors (Lipinski definition) is 0. The zero-order valence-electron chi connectivity index (χ0n) is 39.1. The van der Waals surface area contributed by atoms with Crippen molar-refractivity contribution in [3.8, 4) is 44.5 Å². The van der Waals surface area contributed by atoms with Gasteiger partial charge in [-0.05, 0) is 143 Å². The van der Waals surface area contributed by atoms with E-state index in [2.05, 4.69) is 258 Å². The third-order valence-electron chi connectivity index (χ3n) is 16.1. The first-order chi connectivity index (χ1) is 33.3. The largest absolute Gasteiger partial charge is 0.0716 e. The summed E-state index contributed by atoms with van der Waals surface area (Å²) in [6.07, 6.45) is 0.849. The van der Waals surface area contributed by atoms with Gasteiger partial charge in [-0.1, -0.05) is 244 Å². The van der Waals surface area contributed by atoms with Gasteiger partial charge in [0.1, 0.15) is 0 Å². The van der Waals surface area contributed by atoms with Crippen LogP contribution in [0.1, 0.15) is 91.7 Å². The summed E-state index contributed by atoms with van der Waals surface area (Å²) in [5.74, 6) is 0. The van der Waals surface area contributed by atoms with E-state index in [1.54, 1.807) is 0 Å². The van der Waals surface area contributed by atoms with E-state index in [0.29, 0.717) is 0 Å². The Morgan fingerprint density at radius 2 is 0.868 bits per heavy atom. The monoisotopic (exact) mass is 868 g/mol. The van der Waals surface area contributed by atoms with Gasteiger partial charge in [-0.15, -0.1) is 0 Å². The first-order valence-electron chi connectivity index (χ1n) is 24.3. The first-order valence-corrected chi connectivity index (χ1v) is 24.3. The minimum Gasteiger partial charge on any atom is -0.0622 e. The van der Waals surface area contributed by atoms with Gasteiger partial charge in [0.2, 0.25) is 0 Å². The molecule has 0 aliphatic heterocycles. The molecular weight excluding hydrogens is 817 g/mol. The van der Waals surface area contributed by atoms with E-state index in [0.717, 1.165) is 6.42 Å². The molecule has 0 fully saturated rings. The van der Waals surface area contributed by atoms with Crippen LogP contribution >= 0.6 is 0 Å². The van der Waals surface area contributed by atoms with E-state index < -0.39 is 10.8 Å². The highest BCUT2D eigenvalue weighted by Crippen LogP contribution is 2.61. The Morgan fingerprint density at radius 3 is 1.60 bits per heavy atom. The zero-order valence-corrected chi connectivity index (χ0v) is 39.1. The predicted octanol–water partition coefficient (Wildman–Crippen LogP) is 16.6. The maximum absolute atomic E-state index is 2.53. The molecule has 2 unspecified atom stereocenters. The standard InChI is InChI=1S/C68H52/c1-44-36-38-55-54-29-11-15-33-59(54)67(62(55)40-44,49-23-7-5-8-24-49)52-28-18-21-47(43-52)53-39-37-45(2)65-64(53)57-31-13-16-34-60(57)68(65,50-25-9-6-10-26-50)51-27-17-20-46(42-51)41-48-22-19-35-61-63(48)56-30-12-14-32-58(56)66(61,3)4/h5-40,42-43H,41H2,1-4H3. The zero-order chi connectivity index (χ0) is 45.8. The van der Waals surface area contributed by atoms with Gasteiger partial charge in [0.05, 0.1) is 10.8 Å². The number of aryl methyl sites for hydroxylation is 2. The third-order valence-corrected chi connectivity index (χ3v) is 16.1. The highest BCUT2D eigenvalue weighted by molar-refractivity contribution is 5.97. The van der Waals surface area contributed by atoms with Gasteiger partial charge in [0.15, 0.2) is 0 Å². The summed E-state index contributed by atoms with van der Waals surface area (Å²) in [5.41, 5.74) is 28.0. The lowest BCUT2D eigenvalue weighted by molar-refractivity contribution is 0.660. The topological polar surface area (TPSA) is 0 Å². The lowest BCUT2D eigenvalue weighted by Gasteiger charge is -2.35. The molecule has 0 radical (unpaired) electrons. The highest BCUT2D eigenvalue weighted by atomic mass is 14.5. The minimum atomic E-state index is -0.555. The molecule has 0 N–H and O–H groups in total. The fourth-order valence-corrected chi connectivity index (χ4v) is 13.2. The quantitative estimate of drug-likeness (QED) is 0.150. The molecule has 0 heteroatoms. The van der Waals surface area contributed by atoms with Crippen LogP contribution in [-0.4, -0.2) is 0 Å². The van der Waals surface area contributed by atoms with Crippen LogP contribution in [0.15, 0.2) is 231 Å². The second kappa shape index (κ2) is 15.1. The van der Waals surface area contributed by atoms with Crippen molar-refractivity contribution in [3.05, 3.63) is 308 Å². The van der Waals surface area contributed by atoms with Gasteiger partial charge in [0.25, 0.3) is 0 Å². The molecule has 3 aliphatic carbocycles. The van der Waals surface area contributed by atoms with Crippen molar-refractivity contribution in [2.24, 2.45) is 0 Å². The Morgan fingerprint density at radius 1 is 0.338 bits per heavy atom. The van der Waals surface area contributed by atoms with Crippen LogP contribution < -0.4 is 0 Å². The van der Waals surface area contributed by atoms with E-state index in [1.807, 2.05) is 0 Å². The van der Waals surface area contributed by atoms with Crippen molar-refractivity contribution < 1.29 is 0 Å². The Bertz CT molecular complexity index is 3640. The summed E-state index contributed by atoms with van der Waals surface area (Å²) in [4.78, 5) is 0. The van der Waals surface area contributed by atoms with Crippen molar-refractivity contribution >= 4 is 0 Å². The van der Waals surface area contributed by atoms with Crippen molar-refractivity contribution in [2.45, 2.75) is 50.4 Å². The van der Waals surface area contributed by atoms with Crippen LogP contribution in [-0.2, 0) is 22.7 Å². The maximum atomic E-state index is 2.53. The number of rotatable bonds is 7. The van der Waals surface area contributed by atoms with Gasteiger partial charge in [-0.25, -0.2) is 0 Å². The molecular formula is C68H52. The normalized spacial score (nSPS) is 17.7. The van der Waals surface area contributed by atoms with Crippen LogP contribution in [0.25, 0.3) is 44.5 Å². The number of benzene rings is 10. The van der Waals surface area contributed by atoms with E-state index >= 15 is 0 Å². The summed E-state index contributed by atoms with van der Waals surface area (Å²) >= 11 is 0. The highest BCUT2D eigenvalue weighted by Gasteiger charge is 2.49. The van der Waals surface area contributed by atoms with E-state index in [-0.39, 0.29) is 5.41 Å². The minimum absolute atomic E-state index is 0.0412. The number of fused-ring (bicyclic) bond motifs is 9. The summed E-state index contributed by atoms with van der Waals surface area (Å²) < 4.78 is 0. The van der Waals surface area contributed by atoms with Gasteiger partial charge in [-0.3, -0.25) is 0 Å². The summed E-state index contributed by atoms with van der Waals surface area (Å²) in [7, 11) is 0. The van der Waals surface area contributed by atoms with Crippen LogP contribution in [0, 0.1) is 13.8 Å². The summed E-state index contributed by atoms with van der Waals surface area (Å²) in [5, 5.41) is 0. The first kappa shape index (κ1) is 40.5. The fourth-order valence-electron chi connectivity index (χ4n) is 13.2. The van der Waals surface area contributed by atoms with E-state index in [9.17, 15) is 0 Å². The molecule has 2 atom stereocenters. The maximum Gasteiger partial charge on any atom is 0.0716 e. The van der Waals surface area contributed by atoms with Crippen LogP contribution in [0.2, 0.25) is 0 Å². The molecule has 3 aliphatic rings. The van der Waals surface area contributed by atoms with Crippen LogP contribution in [0.3, 0.4) is 0 Å². The summed E-state index contributed by atoms with van der Waals surface area (Å²) in [6.45, 7) is 9.31. The Labute approximate surface area is 401 Å². The lowest BCUT2D eigenvalue weighted by atomic mass is 9.66. The van der Waals surface area contributed by atoms with Gasteiger partial charge >= 0.3 is 0 Å². The van der Waals surface area contributed by atoms with Gasteiger partial charge in [0, 0.05) is 5.41 Å². The molecule has 0 heterocycles. The Balaban J connectivity index is 1.03. The molecule has 0 saturated heterocycles. The Hall–Kier alpha value is -7.80. The van der Waals surface area contributed by atoms with Crippen molar-refractivity contribution in [3.63, 3.8) is 0 Å². The van der Waals surface area contributed by atoms with Crippen LogP contribution in [0.4, 0.5) is 0 Å². The molecule has 0 saturated carbocycles. The van der Waals surface area contributed by atoms with Crippen LogP contribution in [0.5, 0.6) is 0 Å². The third kappa shape index (κ3) is 5.55. The molecule has 10 aromatic rings. The second-order valence-corrected chi connectivity index (χ2v) is 20.0. The van der Waals surface area contributed by atoms with E-state index in [1.165, 1.54) is 122 Å². The molecule has 13 rings (SSSR count). The second-order valence-electron chi connectivity index (χ2n) is 20.0. The fraction of sp³-hybridized carbons (Fsp3) is 0.118. The summed E-state index contributed by atoms with van der Waals surface area (Å²) in [6, 6.07) is 87.7. The van der Waals surface area contributed by atoms with Crippen molar-refractivity contribution in [1.29, 1.82) is 0 Å². The average Bonchev–Trinajstić information content (AvgIpc) is 3.95. The SMILES string of the molecule is Cc1ccc2c(c1)C(c1ccccc1)(c1cccc(-c3ccc(C)c4c3-c3ccccc3C4(c3ccccc3)c3cccc(Cc4cccc5c4-c4ccccc4C5(C)C)c3)c1)c1ccccc1-2. The predicted molar refractivity (Wildman–Crippen MR) is 283 cm³/mol.